The number of benzene rings is 1. The van der Waals surface area contributed by atoms with Gasteiger partial charge in [0.2, 0.25) is 0 Å². The van der Waals surface area contributed by atoms with E-state index in [1.807, 2.05) is 0 Å². The SMILES string of the molecule is CCNC(=NCC(C)CN1CCN(CC)CC1)N(C)Cc1ccccc1Br.I. The third kappa shape index (κ3) is 8.55. The van der Waals surface area contributed by atoms with Crippen molar-refractivity contribution in [1.29, 1.82) is 0 Å². The maximum absolute atomic E-state index is 4.91. The predicted molar refractivity (Wildman–Crippen MR) is 135 cm³/mol. The van der Waals surface area contributed by atoms with E-state index in [4.69, 9.17) is 4.99 Å². The second-order valence-electron chi connectivity index (χ2n) is 7.48. The number of nitrogens with one attached hydrogen (secondary N) is 1. The Morgan fingerprint density at radius 1 is 1.18 bits per heavy atom. The van der Waals surface area contributed by atoms with Gasteiger partial charge in [-0.25, -0.2) is 0 Å². The number of guanidine groups is 1. The molecule has 1 aliphatic heterocycles. The quantitative estimate of drug-likeness (QED) is 0.296. The molecular weight excluding hydrogens is 529 g/mol. The molecule has 1 aromatic carbocycles. The minimum absolute atomic E-state index is 0. The second kappa shape index (κ2) is 13.8. The number of nitrogens with zero attached hydrogens (tertiary/aromatic N) is 4. The van der Waals surface area contributed by atoms with Gasteiger partial charge in [0.1, 0.15) is 0 Å². The molecule has 160 valence electrons. The van der Waals surface area contributed by atoms with Crippen LogP contribution in [0, 0.1) is 5.92 Å². The van der Waals surface area contributed by atoms with Gasteiger partial charge in [-0.15, -0.1) is 24.0 Å². The number of rotatable bonds is 8. The lowest BCUT2D eigenvalue weighted by molar-refractivity contribution is 0.125. The van der Waals surface area contributed by atoms with Gasteiger partial charge in [-0.3, -0.25) is 4.99 Å². The average molecular weight is 566 g/mol. The fourth-order valence-electron chi connectivity index (χ4n) is 3.46. The summed E-state index contributed by atoms with van der Waals surface area (Å²) in [7, 11) is 2.11. The molecule has 0 amide bonds. The van der Waals surface area contributed by atoms with E-state index in [-0.39, 0.29) is 24.0 Å². The van der Waals surface area contributed by atoms with Gasteiger partial charge in [0, 0.05) is 63.9 Å². The third-order valence-electron chi connectivity index (χ3n) is 5.10. The zero-order chi connectivity index (χ0) is 19.6. The molecule has 0 spiro atoms. The molecule has 1 unspecified atom stereocenters. The van der Waals surface area contributed by atoms with Crippen molar-refractivity contribution in [2.24, 2.45) is 10.9 Å². The highest BCUT2D eigenvalue weighted by molar-refractivity contribution is 14.0. The average Bonchev–Trinajstić information content (AvgIpc) is 2.67. The standard InChI is InChI=1S/C21H36BrN5.HI/c1-5-23-21(25(4)17-19-9-7-8-10-20(19)22)24-15-18(3)16-27-13-11-26(6-2)12-14-27;/h7-10,18H,5-6,11-17H2,1-4H3,(H,23,24);1H. The number of hydrogen-bond acceptors (Lipinski definition) is 3. The summed E-state index contributed by atoms with van der Waals surface area (Å²) in [5, 5.41) is 3.43. The van der Waals surface area contributed by atoms with Gasteiger partial charge in [0.25, 0.3) is 0 Å². The fraction of sp³-hybridized carbons (Fsp3) is 0.667. The largest absolute Gasteiger partial charge is 0.357 e. The first kappa shape index (κ1) is 25.7. The van der Waals surface area contributed by atoms with E-state index in [1.54, 1.807) is 0 Å². The van der Waals surface area contributed by atoms with Crippen LogP contribution < -0.4 is 5.32 Å². The molecule has 0 aliphatic carbocycles. The number of likely N-dealkylation sites (N-methyl/N-ethyl adjacent to an activating group) is 1. The number of piperazine rings is 1. The first-order valence-electron chi connectivity index (χ1n) is 10.2. The van der Waals surface area contributed by atoms with Crippen molar-refractivity contribution in [3.05, 3.63) is 34.3 Å². The Morgan fingerprint density at radius 2 is 1.82 bits per heavy atom. The van der Waals surface area contributed by atoms with Crippen LogP contribution in [-0.2, 0) is 6.54 Å². The molecule has 28 heavy (non-hydrogen) atoms. The van der Waals surface area contributed by atoms with E-state index in [0.29, 0.717) is 5.92 Å². The highest BCUT2D eigenvalue weighted by Crippen LogP contribution is 2.17. The molecule has 5 nitrogen and oxygen atoms in total. The first-order valence-corrected chi connectivity index (χ1v) is 11.0. The van der Waals surface area contributed by atoms with Gasteiger partial charge >= 0.3 is 0 Å². The molecule has 0 aromatic heterocycles. The summed E-state index contributed by atoms with van der Waals surface area (Å²) < 4.78 is 1.15. The summed E-state index contributed by atoms with van der Waals surface area (Å²) in [5.74, 6) is 1.54. The van der Waals surface area contributed by atoms with Crippen molar-refractivity contribution in [3.63, 3.8) is 0 Å². The molecule has 0 bridgehead atoms. The first-order chi connectivity index (χ1) is 13.0. The molecule has 2 rings (SSSR count). The molecule has 1 aromatic rings. The lowest BCUT2D eigenvalue weighted by Gasteiger charge is -2.35. The van der Waals surface area contributed by atoms with Crippen LogP contribution in [0.4, 0.5) is 0 Å². The van der Waals surface area contributed by atoms with Crippen LogP contribution in [0.25, 0.3) is 0 Å². The molecule has 1 fully saturated rings. The van der Waals surface area contributed by atoms with Crippen LogP contribution in [0.3, 0.4) is 0 Å². The molecule has 1 N–H and O–H groups in total. The number of aliphatic imine (C=N–C) groups is 1. The van der Waals surface area contributed by atoms with Crippen LogP contribution in [0.2, 0.25) is 0 Å². The van der Waals surface area contributed by atoms with Crippen molar-refractivity contribution in [3.8, 4) is 0 Å². The Morgan fingerprint density at radius 3 is 2.43 bits per heavy atom. The summed E-state index contributed by atoms with van der Waals surface area (Å²) in [5.41, 5.74) is 1.27. The van der Waals surface area contributed by atoms with E-state index < -0.39 is 0 Å². The minimum atomic E-state index is 0. The minimum Gasteiger partial charge on any atom is -0.357 e. The van der Waals surface area contributed by atoms with E-state index in [0.717, 1.165) is 36.6 Å². The fourth-order valence-corrected chi connectivity index (χ4v) is 3.87. The molecule has 0 radical (unpaired) electrons. The smallest absolute Gasteiger partial charge is 0.193 e. The van der Waals surface area contributed by atoms with Gasteiger partial charge < -0.3 is 20.0 Å². The highest BCUT2D eigenvalue weighted by Gasteiger charge is 2.17. The summed E-state index contributed by atoms with van der Waals surface area (Å²) in [6.07, 6.45) is 0. The van der Waals surface area contributed by atoms with Crippen LogP contribution in [0.5, 0.6) is 0 Å². The van der Waals surface area contributed by atoms with Gasteiger partial charge in [-0.05, 0) is 31.0 Å². The van der Waals surface area contributed by atoms with Gasteiger partial charge in [-0.2, -0.15) is 0 Å². The van der Waals surface area contributed by atoms with Crippen molar-refractivity contribution < 1.29 is 0 Å². The topological polar surface area (TPSA) is 34.1 Å². The second-order valence-corrected chi connectivity index (χ2v) is 8.34. The van der Waals surface area contributed by atoms with E-state index >= 15 is 0 Å². The summed E-state index contributed by atoms with van der Waals surface area (Å²) >= 11 is 3.64. The Hall–Kier alpha value is -0.380. The molecule has 0 saturated carbocycles. The molecule has 7 heteroatoms. The van der Waals surface area contributed by atoms with Crippen LogP contribution in [-0.4, -0.2) is 80.1 Å². The monoisotopic (exact) mass is 565 g/mol. The number of hydrogen-bond donors (Lipinski definition) is 1. The lowest BCUT2D eigenvalue weighted by Crippen LogP contribution is -2.47. The van der Waals surface area contributed by atoms with Crippen LogP contribution >= 0.6 is 39.9 Å². The molecule has 1 heterocycles. The van der Waals surface area contributed by atoms with Gasteiger partial charge in [0.05, 0.1) is 0 Å². The Kier molecular flexibility index (Phi) is 12.6. The van der Waals surface area contributed by atoms with Crippen molar-refractivity contribution in [1.82, 2.24) is 20.0 Å². The molecule has 1 aliphatic rings. The van der Waals surface area contributed by atoms with Crippen molar-refractivity contribution >= 4 is 45.9 Å². The summed E-state index contributed by atoms with van der Waals surface area (Å²) in [6, 6.07) is 8.38. The van der Waals surface area contributed by atoms with E-state index in [2.05, 4.69) is 88.0 Å². The zero-order valence-electron chi connectivity index (χ0n) is 17.8. The Balaban J connectivity index is 0.00000392. The summed E-state index contributed by atoms with van der Waals surface area (Å²) in [6.45, 7) is 16.3. The molecular formula is C21H37BrIN5. The maximum atomic E-state index is 4.91. The van der Waals surface area contributed by atoms with Crippen molar-refractivity contribution in [2.75, 3.05) is 59.4 Å². The third-order valence-corrected chi connectivity index (χ3v) is 5.87. The van der Waals surface area contributed by atoms with Gasteiger partial charge in [-0.1, -0.05) is 48.0 Å². The van der Waals surface area contributed by atoms with Crippen LogP contribution in [0.15, 0.2) is 33.7 Å². The molecule has 1 atom stereocenters. The van der Waals surface area contributed by atoms with Crippen LogP contribution in [0.1, 0.15) is 26.3 Å². The maximum Gasteiger partial charge on any atom is 0.193 e. The Bertz CT molecular complexity index is 590. The summed E-state index contributed by atoms with van der Waals surface area (Å²) in [4.78, 5) is 12.2. The van der Waals surface area contributed by atoms with E-state index in [1.165, 1.54) is 38.3 Å². The van der Waals surface area contributed by atoms with Crippen molar-refractivity contribution in [2.45, 2.75) is 27.3 Å². The lowest BCUT2D eigenvalue weighted by atomic mass is 10.1. The predicted octanol–water partition coefficient (Wildman–Crippen LogP) is 3.74. The normalized spacial score (nSPS) is 17.1. The van der Waals surface area contributed by atoms with Gasteiger partial charge in [0.15, 0.2) is 5.96 Å². The zero-order valence-corrected chi connectivity index (χ0v) is 21.7. The van der Waals surface area contributed by atoms with E-state index in [9.17, 15) is 0 Å². The molecule has 1 saturated heterocycles. The Labute approximate surface area is 197 Å². The highest BCUT2D eigenvalue weighted by atomic mass is 127. The number of halogens is 2.